The first-order valence-corrected chi connectivity index (χ1v) is 13.2. The van der Waals surface area contributed by atoms with E-state index >= 15 is 0 Å². The standard InChI is InChI=1S/C27H37NO4S/c1-2-32-26(27(30)31)16-21-8-11-22(12-9-21)23-17-25(33-19-23)14-15-28-18-24(29)13-10-20-6-4-3-5-7-20/h8-9,11-12,17,19-20,26,28H,2-7,10,13-16,18H2,1H3,(H,30,31)/t26-/m0/s1. The first-order chi connectivity index (χ1) is 16.0. The first-order valence-electron chi connectivity index (χ1n) is 12.3. The molecule has 6 heteroatoms. The van der Waals surface area contributed by atoms with E-state index in [1.165, 1.54) is 42.5 Å². The highest BCUT2D eigenvalue weighted by Gasteiger charge is 2.18. The van der Waals surface area contributed by atoms with Gasteiger partial charge >= 0.3 is 5.97 Å². The number of hydrogen-bond acceptors (Lipinski definition) is 5. The van der Waals surface area contributed by atoms with E-state index in [0.29, 0.717) is 31.8 Å². The van der Waals surface area contributed by atoms with E-state index in [1.807, 2.05) is 24.3 Å². The van der Waals surface area contributed by atoms with Crippen LogP contribution in [0, 0.1) is 5.92 Å². The minimum absolute atomic E-state index is 0.335. The van der Waals surface area contributed by atoms with Crippen molar-refractivity contribution in [1.29, 1.82) is 0 Å². The van der Waals surface area contributed by atoms with Gasteiger partial charge < -0.3 is 15.2 Å². The zero-order chi connectivity index (χ0) is 23.5. The molecule has 0 amide bonds. The van der Waals surface area contributed by atoms with Crippen molar-refractivity contribution >= 4 is 23.1 Å². The molecule has 1 aromatic carbocycles. The Bertz CT molecular complexity index is 871. The van der Waals surface area contributed by atoms with Crippen LogP contribution in [0.1, 0.15) is 62.3 Å². The summed E-state index contributed by atoms with van der Waals surface area (Å²) in [4.78, 5) is 24.7. The van der Waals surface area contributed by atoms with Gasteiger partial charge in [0, 0.05) is 30.9 Å². The molecule has 33 heavy (non-hydrogen) atoms. The third-order valence-electron chi connectivity index (χ3n) is 6.43. The monoisotopic (exact) mass is 471 g/mol. The average molecular weight is 472 g/mol. The Labute approximate surface area is 201 Å². The molecule has 1 saturated carbocycles. The molecule has 2 aromatic rings. The fourth-order valence-electron chi connectivity index (χ4n) is 4.50. The molecule has 0 saturated heterocycles. The summed E-state index contributed by atoms with van der Waals surface area (Å²) in [7, 11) is 0. The average Bonchev–Trinajstić information content (AvgIpc) is 3.30. The highest BCUT2D eigenvalue weighted by atomic mass is 32.1. The Balaban J connectivity index is 1.38. The van der Waals surface area contributed by atoms with Crippen molar-refractivity contribution in [2.24, 2.45) is 5.92 Å². The molecule has 1 heterocycles. The number of Topliss-reactive ketones (excluding diaryl/α,β-unsaturated/α-hetero) is 1. The Morgan fingerprint density at radius 2 is 1.91 bits per heavy atom. The number of hydrogen-bond donors (Lipinski definition) is 2. The fourth-order valence-corrected chi connectivity index (χ4v) is 5.40. The second-order valence-electron chi connectivity index (χ2n) is 8.99. The first kappa shape index (κ1) is 25.6. The lowest BCUT2D eigenvalue weighted by Crippen LogP contribution is -2.26. The van der Waals surface area contributed by atoms with Gasteiger partial charge in [-0.2, -0.15) is 0 Å². The van der Waals surface area contributed by atoms with Gasteiger partial charge in [-0.3, -0.25) is 4.79 Å². The molecule has 1 aromatic heterocycles. The molecule has 0 unspecified atom stereocenters. The molecule has 3 rings (SSSR count). The van der Waals surface area contributed by atoms with Crippen molar-refractivity contribution in [2.45, 2.75) is 70.8 Å². The summed E-state index contributed by atoms with van der Waals surface area (Å²) in [5.74, 6) is 0.175. The van der Waals surface area contributed by atoms with Crippen LogP contribution in [0.2, 0.25) is 0 Å². The Morgan fingerprint density at radius 3 is 2.61 bits per heavy atom. The van der Waals surface area contributed by atoms with E-state index in [9.17, 15) is 14.7 Å². The van der Waals surface area contributed by atoms with Crippen molar-refractivity contribution in [1.82, 2.24) is 5.32 Å². The summed E-state index contributed by atoms with van der Waals surface area (Å²) in [6.45, 7) is 3.47. The Hall–Kier alpha value is -2.02. The van der Waals surface area contributed by atoms with Gasteiger partial charge in [0.2, 0.25) is 0 Å². The van der Waals surface area contributed by atoms with Gasteiger partial charge in [0.05, 0.1) is 6.54 Å². The number of carbonyl (C=O) groups excluding carboxylic acids is 1. The van der Waals surface area contributed by atoms with Gasteiger partial charge in [-0.25, -0.2) is 4.79 Å². The van der Waals surface area contributed by atoms with Crippen LogP contribution in [0.25, 0.3) is 11.1 Å². The van der Waals surface area contributed by atoms with Crippen LogP contribution >= 0.6 is 11.3 Å². The number of thiophene rings is 1. The van der Waals surface area contributed by atoms with Crippen LogP contribution in [0.4, 0.5) is 0 Å². The van der Waals surface area contributed by atoms with E-state index in [2.05, 4.69) is 16.8 Å². The molecule has 1 aliphatic rings. The van der Waals surface area contributed by atoms with E-state index in [4.69, 9.17) is 4.74 Å². The highest BCUT2D eigenvalue weighted by Crippen LogP contribution is 2.28. The second kappa shape index (κ2) is 13.6. The minimum atomic E-state index is -0.928. The van der Waals surface area contributed by atoms with Crippen LogP contribution in [-0.2, 0) is 27.2 Å². The van der Waals surface area contributed by atoms with Crippen LogP contribution in [0.3, 0.4) is 0 Å². The van der Waals surface area contributed by atoms with Crippen molar-refractivity contribution in [3.63, 3.8) is 0 Å². The quantitative estimate of drug-likeness (QED) is 0.355. The summed E-state index contributed by atoms with van der Waals surface area (Å²) in [5.41, 5.74) is 3.24. The van der Waals surface area contributed by atoms with Gasteiger partial charge in [0.25, 0.3) is 0 Å². The molecule has 0 aliphatic heterocycles. The summed E-state index contributed by atoms with van der Waals surface area (Å²) in [5, 5.41) is 14.7. The molecule has 5 nitrogen and oxygen atoms in total. The number of rotatable bonds is 14. The predicted octanol–water partition coefficient (Wildman–Crippen LogP) is 5.51. The lowest BCUT2D eigenvalue weighted by Gasteiger charge is -2.20. The zero-order valence-electron chi connectivity index (χ0n) is 19.7. The Morgan fingerprint density at radius 1 is 1.15 bits per heavy atom. The van der Waals surface area contributed by atoms with Gasteiger partial charge in [-0.15, -0.1) is 11.3 Å². The third kappa shape index (κ3) is 8.69. The zero-order valence-corrected chi connectivity index (χ0v) is 20.5. The summed E-state index contributed by atoms with van der Waals surface area (Å²) >= 11 is 1.73. The lowest BCUT2D eigenvalue weighted by atomic mass is 9.86. The molecule has 1 atom stereocenters. The SMILES string of the molecule is CCO[C@@H](Cc1ccc(-c2csc(CCNCC(=O)CCC3CCCCC3)c2)cc1)C(=O)O. The van der Waals surface area contributed by atoms with Crippen LogP contribution < -0.4 is 5.32 Å². The molecule has 0 bridgehead atoms. The molecular weight excluding hydrogens is 434 g/mol. The van der Waals surface area contributed by atoms with Gasteiger partial charge in [0.1, 0.15) is 5.78 Å². The molecular formula is C27H37NO4S. The molecule has 0 radical (unpaired) electrons. The van der Waals surface area contributed by atoms with E-state index in [0.717, 1.165) is 36.4 Å². The van der Waals surface area contributed by atoms with E-state index < -0.39 is 12.1 Å². The summed E-state index contributed by atoms with van der Waals surface area (Å²) in [6.07, 6.45) is 8.90. The van der Waals surface area contributed by atoms with Gasteiger partial charge in [-0.05, 0) is 53.8 Å². The molecule has 180 valence electrons. The third-order valence-corrected chi connectivity index (χ3v) is 7.43. The largest absolute Gasteiger partial charge is 0.479 e. The maximum atomic E-state index is 12.2. The summed E-state index contributed by atoms with van der Waals surface area (Å²) in [6, 6.07) is 10.2. The van der Waals surface area contributed by atoms with Crippen LogP contribution in [0.15, 0.2) is 35.7 Å². The normalized spacial score (nSPS) is 15.4. The van der Waals surface area contributed by atoms with Crippen LogP contribution in [-0.4, -0.2) is 42.7 Å². The topological polar surface area (TPSA) is 75.6 Å². The minimum Gasteiger partial charge on any atom is -0.479 e. The van der Waals surface area contributed by atoms with Crippen molar-refractivity contribution in [3.05, 3.63) is 46.2 Å². The van der Waals surface area contributed by atoms with E-state index in [-0.39, 0.29) is 0 Å². The maximum Gasteiger partial charge on any atom is 0.333 e. The maximum absolute atomic E-state index is 12.2. The summed E-state index contributed by atoms with van der Waals surface area (Å²) < 4.78 is 5.30. The smallest absolute Gasteiger partial charge is 0.333 e. The molecule has 2 N–H and O–H groups in total. The number of carbonyl (C=O) groups is 2. The fraction of sp³-hybridized carbons (Fsp3) is 0.556. The number of nitrogens with one attached hydrogen (secondary N) is 1. The number of benzene rings is 1. The Kier molecular flexibility index (Phi) is 10.6. The number of aliphatic carboxylic acids is 1. The molecule has 0 spiro atoms. The number of ketones is 1. The lowest BCUT2D eigenvalue weighted by molar-refractivity contribution is -0.149. The second-order valence-corrected chi connectivity index (χ2v) is 9.99. The van der Waals surface area contributed by atoms with Crippen molar-refractivity contribution < 1.29 is 19.4 Å². The number of ether oxygens (including phenoxy) is 1. The highest BCUT2D eigenvalue weighted by molar-refractivity contribution is 7.10. The number of carboxylic acids is 1. The van der Waals surface area contributed by atoms with Crippen molar-refractivity contribution in [3.8, 4) is 11.1 Å². The molecule has 1 fully saturated rings. The predicted molar refractivity (Wildman–Crippen MR) is 134 cm³/mol. The molecule has 1 aliphatic carbocycles. The van der Waals surface area contributed by atoms with Gasteiger partial charge in [0.15, 0.2) is 6.10 Å². The van der Waals surface area contributed by atoms with Gasteiger partial charge in [-0.1, -0.05) is 56.4 Å². The van der Waals surface area contributed by atoms with E-state index in [1.54, 1.807) is 18.3 Å². The number of carboxylic acid groups (broad SMARTS) is 1. The van der Waals surface area contributed by atoms with Crippen molar-refractivity contribution in [2.75, 3.05) is 19.7 Å². The van der Waals surface area contributed by atoms with Crippen LogP contribution in [0.5, 0.6) is 0 Å².